The number of methoxy groups -OCH3 is 2. The van der Waals surface area contributed by atoms with Gasteiger partial charge in [0.2, 0.25) is 17.6 Å². The molecule has 1 aliphatic rings. The lowest BCUT2D eigenvalue weighted by Crippen LogP contribution is -2.44. The molecular formula is C25H30N6O4. The summed E-state index contributed by atoms with van der Waals surface area (Å²) in [6.07, 6.45) is 4.20. The molecule has 0 unspecified atom stereocenters. The molecule has 1 N–H and O–H groups in total. The van der Waals surface area contributed by atoms with E-state index in [-0.39, 0.29) is 37.5 Å². The quantitative estimate of drug-likeness (QED) is 0.476. The van der Waals surface area contributed by atoms with Crippen LogP contribution in [0, 0.1) is 0 Å². The van der Waals surface area contributed by atoms with Crippen LogP contribution < -0.4 is 14.8 Å². The molecule has 1 fully saturated rings. The maximum absolute atomic E-state index is 13.2. The number of nitrogens with one attached hydrogen (secondary N) is 1. The first-order chi connectivity index (χ1) is 17.0. The normalized spacial score (nSPS) is 13.4. The van der Waals surface area contributed by atoms with Crippen LogP contribution in [0.4, 0.5) is 0 Å². The number of ether oxygens (including phenoxy) is 2. The lowest BCUT2D eigenvalue weighted by Gasteiger charge is -2.23. The number of amides is 2. The number of hydrogen-bond donors (Lipinski definition) is 1. The molecule has 1 heterocycles. The van der Waals surface area contributed by atoms with Gasteiger partial charge < -0.3 is 19.7 Å². The van der Waals surface area contributed by atoms with Crippen LogP contribution in [0.25, 0.3) is 11.4 Å². The third-order valence-electron chi connectivity index (χ3n) is 6.02. The van der Waals surface area contributed by atoms with E-state index in [1.165, 1.54) is 9.70 Å². The topological polar surface area (TPSA) is 111 Å². The Morgan fingerprint density at radius 3 is 2.26 bits per heavy atom. The Labute approximate surface area is 204 Å². The minimum atomic E-state index is -0.277. The Balaban J connectivity index is 1.45. The van der Waals surface area contributed by atoms with Gasteiger partial charge in [-0.2, -0.15) is 4.80 Å². The highest BCUT2D eigenvalue weighted by molar-refractivity contribution is 5.84. The second-order valence-electron chi connectivity index (χ2n) is 8.52. The van der Waals surface area contributed by atoms with Gasteiger partial charge in [-0.1, -0.05) is 25.0 Å². The first-order valence-corrected chi connectivity index (χ1v) is 11.7. The van der Waals surface area contributed by atoms with E-state index in [0.717, 1.165) is 48.3 Å². The maximum atomic E-state index is 13.2. The summed E-state index contributed by atoms with van der Waals surface area (Å²) in [5.74, 6) is 1.41. The minimum absolute atomic E-state index is 0.0403. The fraction of sp³-hybridized carbons (Fsp3) is 0.400. The van der Waals surface area contributed by atoms with E-state index in [9.17, 15) is 9.59 Å². The molecule has 1 saturated carbocycles. The number of carbonyl (C=O) groups excluding carboxylic acids is 2. The first-order valence-electron chi connectivity index (χ1n) is 11.7. The fourth-order valence-electron chi connectivity index (χ4n) is 4.09. The maximum Gasteiger partial charge on any atom is 0.247 e. The van der Waals surface area contributed by atoms with Crippen molar-refractivity contribution in [3.8, 4) is 22.9 Å². The zero-order valence-electron chi connectivity index (χ0n) is 20.0. The highest BCUT2D eigenvalue weighted by Gasteiger charge is 2.22. The second kappa shape index (κ2) is 11.5. The predicted molar refractivity (Wildman–Crippen MR) is 129 cm³/mol. The van der Waals surface area contributed by atoms with Gasteiger partial charge in [-0.25, -0.2) is 0 Å². The van der Waals surface area contributed by atoms with E-state index in [1.807, 2.05) is 36.4 Å². The molecule has 0 aliphatic heterocycles. The SMILES string of the molecule is COc1ccc(CN(CC(=O)NC2CCCC2)C(=O)Cn2nnc(-c3ccc(OC)cc3)n2)cc1. The summed E-state index contributed by atoms with van der Waals surface area (Å²) in [6.45, 7) is 0.109. The number of tetrazole rings is 1. The van der Waals surface area contributed by atoms with E-state index in [1.54, 1.807) is 26.4 Å². The molecule has 184 valence electrons. The lowest BCUT2D eigenvalue weighted by atomic mass is 10.2. The molecular weight excluding hydrogens is 448 g/mol. The molecule has 0 radical (unpaired) electrons. The Kier molecular flexibility index (Phi) is 7.92. The van der Waals surface area contributed by atoms with Gasteiger partial charge in [-0.15, -0.1) is 10.2 Å². The number of carbonyl (C=O) groups is 2. The van der Waals surface area contributed by atoms with Gasteiger partial charge >= 0.3 is 0 Å². The molecule has 0 atom stereocenters. The number of rotatable bonds is 10. The summed E-state index contributed by atoms with van der Waals surface area (Å²) in [4.78, 5) is 28.7. The third-order valence-corrected chi connectivity index (χ3v) is 6.02. The first kappa shape index (κ1) is 24.2. The molecule has 10 heteroatoms. The van der Waals surface area contributed by atoms with Crippen molar-refractivity contribution < 1.29 is 19.1 Å². The van der Waals surface area contributed by atoms with E-state index in [4.69, 9.17) is 9.47 Å². The largest absolute Gasteiger partial charge is 0.497 e. The van der Waals surface area contributed by atoms with Gasteiger partial charge in [0.15, 0.2) is 0 Å². The molecule has 1 aliphatic carbocycles. The molecule has 10 nitrogen and oxygen atoms in total. The van der Waals surface area contributed by atoms with Crippen molar-refractivity contribution >= 4 is 11.8 Å². The average Bonchev–Trinajstić information content (AvgIpc) is 3.56. The Hall–Kier alpha value is -3.95. The molecule has 2 amide bonds. The lowest BCUT2D eigenvalue weighted by molar-refractivity contribution is -0.137. The molecule has 0 saturated heterocycles. The van der Waals surface area contributed by atoms with Gasteiger partial charge in [0, 0.05) is 18.2 Å². The van der Waals surface area contributed by atoms with E-state index in [2.05, 4.69) is 20.7 Å². The average molecular weight is 479 g/mol. The van der Waals surface area contributed by atoms with Crippen LogP contribution in [0.3, 0.4) is 0 Å². The molecule has 3 aromatic rings. The van der Waals surface area contributed by atoms with Gasteiger partial charge in [0.05, 0.1) is 20.8 Å². The fourth-order valence-corrected chi connectivity index (χ4v) is 4.09. The number of benzene rings is 2. The van der Waals surface area contributed by atoms with E-state index < -0.39 is 0 Å². The molecule has 1 aromatic heterocycles. The van der Waals surface area contributed by atoms with Crippen LogP contribution in [-0.2, 0) is 22.7 Å². The third kappa shape index (κ3) is 6.56. The van der Waals surface area contributed by atoms with Crippen molar-refractivity contribution in [2.75, 3.05) is 20.8 Å². The van der Waals surface area contributed by atoms with Crippen LogP contribution in [0.5, 0.6) is 11.5 Å². The Bertz CT molecular complexity index is 1120. The van der Waals surface area contributed by atoms with E-state index in [0.29, 0.717) is 5.82 Å². The highest BCUT2D eigenvalue weighted by Crippen LogP contribution is 2.19. The Morgan fingerprint density at radius 1 is 1.00 bits per heavy atom. The van der Waals surface area contributed by atoms with Gasteiger partial charge in [-0.05, 0) is 60.0 Å². The van der Waals surface area contributed by atoms with Crippen molar-refractivity contribution in [2.24, 2.45) is 0 Å². The van der Waals surface area contributed by atoms with Crippen molar-refractivity contribution in [2.45, 2.75) is 44.8 Å². The Morgan fingerprint density at radius 2 is 1.63 bits per heavy atom. The minimum Gasteiger partial charge on any atom is -0.497 e. The second-order valence-corrected chi connectivity index (χ2v) is 8.52. The van der Waals surface area contributed by atoms with Crippen LogP contribution in [-0.4, -0.2) is 63.7 Å². The summed E-state index contributed by atoms with van der Waals surface area (Å²) in [5.41, 5.74) is 1.65. The van der Waals surface area contributed by atoms with Gasteiger partial charge in [0.25, 0.3) is 0 Å². The smallest absolute Gasteiger partial charge is 0.247 e. The van der Waals surface area contributed by atoms with Crippen LogP contribution >= 0.6 is 0 Å². The predicted octanol–water partition coefficient (Wildman–Crippen LogP) is 2.44. The van der Waals surface area contributed by atoms with E-state index >= 15 is 0 Å². The monoisotopic (exact) mass is 478 g/mol. The van der Waals surface area contributed by atoms with Crippen LogP contribution in [0.2, 0.25) is 0 Å². The summed E-state index contributed by atoms with van der Waals surface area (Å²) in [6, 6.07) is 14.9. The standard InChI is InChI=1S/C25H30N6O4/c1-34-21-11-7-18(8-12-21)15-30(16-23(32)26-20-5-3-4-6-20)24(33)17-31-28-25(27-29-31)19-9-13-22(35-2)14-10-19/h7-14,20H,3-6,15-17H2,1-2H3,(H,26,32). The van der Waals surface area contributed by atoms with Crippen LogP contribution in [0.1, 0.15) is 31.2 Å². The van der Waals surface area contributed by atoms with Gasteiger partial charge in [0.1, 0.15) is 18.0 Å². The van der Waals surface area contributed by atoms with Crippen molar-refractivity contribution in [3.05, 3.63) is 54.1 Å². The van der Waals surface area contributed by atoms with Crippen LogP contribution in [0.15, 0.2) is 48.5 Å². The molecule has 0 bridgehead atoms. The molecule has 35 heavy (non-hydrogen) atoms. The summed E-state index contributed by atoms with van der Waals surface area (Å²) >= 11 is 0. The number of nitrogens with zero attached hydrogens (tertiary/aromatic N) is 5. The number of aromatic nitrogens is 4. The van der Waals surface area contributed by atoms with Crippen molar-refractivity contribution in [3.63, 3.8) is 0 Å². The summed E-state index contributed by atoms with van der Waals surface area (Å²) in [7, 11) is 3.20. The zero-order chi connectivity index (χ0) is 24.6. The van der Waals surface area contributed by atoms with Crippen molar-refractivity contribution in [1.82, 2.24) is 30.4 Å². The highest BCUT2D eigenvalue weighted by atomic mass is 16.5. The molecule has 4 rings (SSSR count). The molecule has 2 aromatic carbocycles. The molecule has 0 spiro atoms. The van der Waals surface area contributed by atoms with Gasteiger partial charge in [-0.3, -0.25) is 9.59 Å². The number of hydrogen-bond acceptors (Lipinski definition) is 7. The zero-order valence-corrected chi connectivity index (χ0v) is 20.0. The van der Waals surface area contributed by atoms with Crippen molar-refractivity contribution in [1.29, 1.82) is 0 Å². The summed E-state index contributed by atoms with van der Waals surface area (Å²) in [5, 5.41) is 15.5. The summed E-state index contributed by atoms with van der Waals surface area (Å²) < 4.78 is 10.4.